The Kier molecular flexibility index (Phi) is 4.66. The van der Waals surface area contributed by atoms with Crippen LogP contribution in [0.4, 0.5) is 0 Å². The van der Waals surface area contributed by atoms with Gasteiger partial charge in [-0.05, 0) is 44.5 Å². The molecule has 0 atom stereocenters. The second-order valence-electron chi connectivity index (χ2n) is 4.46. The summed E-state index contributed by atoms with van der Waals surface area (Å²) in [6, 6.07) is 3.22. The van der Waals surface area contributed by atoms with Gasteiger partial charge >= 0.3 is 0 Å². The molecule has 0 amide bonds. The largest absolute Gasteiger partial charge is 0.319 e. The molecule has 0 bridgehead atoms. The van der Waals surface area contributed by atoms with E-state index in [4.69, 9.17) is 11.6 Å². The van der Waals surface area contributed by atoms with Crippen molar-refractivity contribution in [2.45, 2.75) is 17.1 Å². The summed E-state index contributed by atoms with van der Waals surface area (Å²) >= 11 is 6.92. The van der Waals surface area contributed by atoms with Crippen molar-refractivity contribution < 1.29 is 8.42 Å². The number of sulfonamides is 1. The number of nitrogens with one attached hydrogen (secondary N) is 1. The molecule has 4 nitrogen and oxygen atoms in total. The van der Waals surface area contributed by atoms with E-state index in [1.54, 1.807) is 16.4 Å². The fraction of sp³-hybridized carbons (Fsp3) is 0.636. The highest BCUT2D eigenvalue weighted by Gasteiger charge is 2.30. The van der Waals surface area contributed by atoms with Gasteiger partial charge in [0.25, 0.3) is 10.0 Å². The van der Waals surface area contributed by atoms with Gasteiger partial charge in [0.1, 0.15) is 4.21 Å². The molecule has 1 N–H and O–H groups in total. The molecule has 1 aliphatic rings. The molecule has 0 unspecified atom stereocenters. The van der Waals surface area contributed by atoms with E-state index in [0.717, 1.165) is 30.7 Å². The summed E-state index contributed by atoms with van der Waals surface area (Å²) < 4.78 is 27.1. The Hall–Kier alpha value is -0.140. The minimum Gasteiger partial charge on any atom is -0.319 e. The number of hydrogen-bond acceptors (Lipinski definition) is 4. The molecule has 1 aliphatic heterocycles. The van der Waals surface area contributed by atoms with E-state index in [1.165, 1.54) is 0 Å². The molecule has 0 spiro atoms. The lowest BCUT2D eigenvalue weighted by molar-refractivity contribution is 0.271. The van der Waals surface area contributed by atoms with Crippen molar-refractivity contribution in [3.05, 3.63) is 16.5 Å². The van der Waals surface area contributed by atoms with Crippen LogP contribution in [-0.2, 0) is 10.0 Å². The first kappa shape index (κ1) is 14.3. The number of thiophene rings is 1. The smallest absolute Gasteiger partial charge is 0.252 e. The van der Waals surface area contributed by atoms with Crippen LogP contribution in [0.1, 0.15) is 12.8 Å². The van der Waals surface area contributed by atoms with Crippen LogP contribution in [0.15, 0.2) is 16.3 Å². The molecule has 1 aromatic rings. The Morgan fingerprint density at radius 3 is 2.61 bits per heavy atom. The van der Waals surface area contributed by atoms with Crippen molar-refractivity contribution in [2.75, 3.05) is 26.7 Å². The van der Waals surface area contributed by atoms with Crippen molar-refractivity contribution >= 4 is 33.0 Å². The number of piperidine rings is 1. The van der Waals surface area contributed by atoms with Crippen molar-refractivity contribution in [2.24, 2.45) is 5.92 Å². The molecule has 2 heterocycles. The van der Waals surface area contributed by atoms with E-state index in [1.807, 2.05) is 7.05 Å². The summed E-state index contributed by atoms with van der Waals surface area (Å²) in [5, 5.41) is 3.14. The average Bonchev–Trinajstić information content (AvgIpc) is 2.78. The summed E-state index contributed by atoms with van der Waals surface area (Å²) in [5.41, 5.74) is 0. The third-order valence-electron chi connectivity index (χ3n) is 3.21. The maximum atomic E-state index is 12.3. The van der Waals surface area contributed by atoms with Crippen molar-refractivity contribution in [3.8, 4) is 0 Å². The molecule has 2 rings (SSSR count). The van der Waals surface area contributed by atoms with E-state index >= 15 is 0 Å². The lowest BCUT2D eigenvalue weighted by Gasteiger charge is -2.30. The molecule has 1 saturated heterocycles. The van der Waals surface area contributed by atoms with E-state index in [0.29, 0.717) is 27.6 Å². The summed E-state index contributed by atoms with van der Waals surface area (Å²) in [7, 11) is -1.41. The fourth-order valence-electron chi connectivity index (χ4n) is 2.21. The van der Waals surface area contributed by atoms with Crippen LogP contribution in [0, 0.1) is 5.92 Å². The molecule has 0 aliphatic carbocycles. The van der Waals surface area contributed by atoms with Crippen LogP contribution in [0.3, 0.4) is 0 Å². The Morgan fingerprint density at radius 1 is 1.44 bits per heavy atom. The maximum absolute atomic E-state index is 12.3. The fourth-order valence-corrected chi connectivity index (χ4v) is 5.31. The summed E-state index contributed by atoms with van der Waals surface area (Å²) in [6.07, 6.45) is 1.83. The first-order chi connectivity index (χ1) is 8.54. The number of rotatable bonds is 4. The van der Waals surface area contributed by atoms with Gasteiger partial charge in [-0.1, -0.05) is 11.6 Å². The van der Waals surface area contributed by atoms with E-state index in [9.17, 15) is 8.42 Å². The minimum absolute atomic E-state index is 0.347. The molecule has 0 radical (unpaired) electrons. The van der Waals surface area contributed by atoms with Gasteiger partial charge in [-0.25, -0.2) is 8.42 Å². The topological polar surface area (TPSA) is 49.4 Å². The second-order valence-corrected chi connectivity index (χ2v) is 8.34. The third kappa shape index (κ3) is 3.05. The Labute approximate surface area is 117 Å². The van der Waals surface area contributed by atoms with Crippen molar-refractivity contribution in [3.63, 3.8) is 0 Å². The second kappa shape index (κ2) is 5.88. The molecule has 102 valence electrons. The van der Waals surface area contributed by atoms with Crippen molar-refractivity contribution in [1.29, 1.82) is 0 Å². The molecule has 7 heteroatoms. The van der Waals surface area contributed by atoms with Gasteiger partial charge in [-0.3, -0.25) is 0 Å². The lowest BCUT2D eigenvalue weighted by atomic mass is 9.98. The molecule has 18 heavy (non-hydrogen) atoms. The van der Waals surface area contributed by atoms with Gasteiger partial charge in [0, 0.05) is 13.1 Å². The predicted octanol–water partition coefficient (Wildman–Crippen LogP) is 2.02. The molecular formula is C11H17ClN2O2S2. The zero-order chi connectivity index (χ0) is 13.2. The average molecular weight is 309 g/mol. The normalized spacial score (nSPS) is 19.2. The highest BCUT2D eigenvalue weighted by Crippen LogP contribution is 2.30. The van der Waals surface area contributed by atoms with Crippen LogP contribution >= 0.6 is 22.9 Å². The molecule has 1 aromatic heterocycles. The van der Waals surface area contributed by atoms with Gasteiger partial charge < -0.3 is 5.32 Å². The SMILES string of the molecule is CNCC1CCN(S(=O)(=O)c2ccc(Cl)s2)CC1. The monoisotopic (exact) mass is 308 g/mol. The highest BCUT2D eigenvalue weighted by atomic mass is 35.5. The van der Waals surface area contributed by atoms with Crippen molar-refractivity contribution in [1.82, 2.24) is 9.62 Å². The minimum atomic E-state index is -3.33. The van der Waals surface area contributed by atoms with Gasteiger partial charge in [-0.2, -0.15) is 4.31 Å². The standard InChI is InChI=1S/C11H17ClN2O2S2/c1-13-8-9-4-6-14(7-5-9)18(15,16)11-3-2-10(12)17-11/h2-3,9,13H,4-8H2,1H3. The van der Waals surface area contributed by atoms with E-state index < -0.39 is 10.0 Å². The van der Waals surface area contributed by atoms with Crippen LogP contribution in [0.25, 0.3) is 0 Å². The Balaban J connectivity index is 2.05. The van der Waals surface area contributed by atoms with Crippen LogP contribution < -0.4 is 5.32 Å². The molecular weight excluding hydrogens is 292 g/mol. The van der Waals surface area contributed by atoms with Crippen LogP contribution in [-0.4, -0.2) is 39.4 Å². The summed E-state index contributed by atoms with van der Waals surface area (Å²) in [4.78, 5) is 0. The van der Waals surface area contributed by atoms with E-state index in [-0.39, 0.29) is 0 Å². The van der Waals surface area contributed by atoms with Crippen LogP contribution in [0.2, 0.25) is 4.34 Å². The third-order valence-corrected chi connectivity index (χ3v) is 6.81. The Morgan fingerprint density at radius 2 is 2.11 bits per heavy atom. The first-order valence-electron chi connectivity index (χ1n) is 5.94. The maximum Gasteiger partial charge on any atom is 0.252 e. The number of hydrogen-bond donors (Lipinski definition) is 1. The van der Waals surface area contributed by atoms with Crippen LogP contribution in [0.5, 0.6) is 0 Å². The number of nitrogens with zero attached hydrogens (tertiary/aromatic N) is 1. The quantitative estimate of drug-likeness (QED) is 0.926. The zero-order valence-corrected chi connectivity index (χ0v) is 12.6. The first-order valence-corrected chi connectivity index (χ1v) is 8.57. The highest BCUT2D eigenvalue weighted by molar-refractivity contribution is 7.91. The number of halogens is 1. The van der Waals surface area contributed by atoms with Gasteiger partial charge in [-0.15, -0.1) is 11.3 Å². The molecule has 1 fully saturated rings. The zero-order valence-electron chi connectivity index (χ0n) is 10.2. The van der Waals surface area contributed by atoms with E-state index in [2.05, 4.69) is 5.32 Å². The summed E-state index contributed by atoms with van der Waals surface area (Å²) in [5.74, 6) is 0.577. The van der Waals surface area contributed by atoms with Gasteiger partial charge in [0.2, 0.25) is 0 Å². The Bertz CT molecular complexity index is 493. The predicted molar refractivity (Wildman–Crippen MR) is 74.7 cm³/mol. The molecule has 0 aromatic carbocycles. The molecule has 0 saturated carbocycles. The summed E-state index contributed by atoms with van der Waals surface area (Å²) in [6.45, 7) is 2.16. The van der Waals surface area contributed by atoms with Gasteiger partial charge in [0.15, 0.2) is 0 Å². The van der Waals surface area contributed by atoms with Gasteiger partial charge in [0.05, 0.1) is 4.34 Å². The lowest BCUT2D eigenvalue weighted by Crippen LogP contribution is -2.40.